The van der Waals surface area contributed by atoms with E-state index in [1.54, 1.807) is 19.1 Å². The third-order valence-corrected chi connectivity index (χ3v) is 3.57. The largest absolute Gasteiger partial charge is 0.449 e. The molecule has 1 aromatic carbocycles. The minimum absolute atomic E-state index is 0.00939. The highest BCUT2D eigenvalue weighted by Crippen LogP contribution is 2.18. The molecule has 2 aromatic rings. The molecule has 0 aliphatic rings. The highest BCUT2D eigenvalue weighted by Gasteiger charge is 2.22. The SMILES string of the molecule is Cc1cc(NC(=O)[C@H](C)OC(=O)c2ccccc2NS(C)(=O)=O)no1. The average Bonchev–Trinajstić information content (AvgIpc) is 2.91. The number of esters is 1. The lowest BCUT2D eigenvalue weighted by Gasteiger charge is -2.14. The number of aromatic nitrogens is 1. The Morgan fingerprint density at radius 3 is 2.56 bits per heavy atom. The number of carbonyl (C=O) groups excluding carboxylic acids is 2. The molecule has 0 bridgehead atoms. The summed E-state index contributed by atoms with van der Waals surface area (Å²) < 4.78 is 34.9. The van der Waals surface area contributed by atoms with Gasteiger partial charge in [-0.2, -0.15) is 0 Å². The Morgan fingerprint density at radius 1 is 1.28 bits per heavy atom. The third kappa shape index (κ3) is 5.31. The van der Waals surface area contributed by atoms with E-state index in [1.807, 2.05) is 0 Å². The molecule has 134 valence electrons. The van der Waals surface area contributed by atoms with Crippen molar-refractivity contribution < 1.29 is 27.3 Å². The number of hydrogen-bond donors (Lipinski definition) is 2. The summed E-state index contributed by atoms with van der Waals surface area (Å²) in [6, 6.07) is 7.43. The van der Waals surface area contributed by atoms with Crippen LogP contribution in [0.15, 0.2) is 34.9 Å². The van der Waals surface area contributed by atoms with E-state index in [1.165, 1.54) is 25.1 Å². The second-order valence-electron chi connectivity index (χ2n) is 5.28. The van der Waals surface area contributed by atoms with Crippen LogP contribution in [-0.2, 0) is 19.6 Å². The fraction of sp³-hybridized carbons (Fsp3) is 0.267. The monoisotopic (exact) mass is 367 g/mol. The van der Waals surface area contributed by atoms with Crippen LogP contribution in [0.3, 0.4) is 0 Å². The molecule has 0 fully saturated rings. The summed E-state index contributed by atoms with van der Waals surface area (Å²) in [4.78, 5) is 24.3. The van der Waals surface area contributed by atoms with E-state index in [2.05, 4.69) is 15.2 Å². The predicted molar refractivity (Wildman–Crippen MR) is 89.7 cm³/mol. The minimum atomic E-state index is -3.57. The lowest BCUT2D eigenvalue weighted by atomic mass is 10.2. The molecule has 1 heterocycles. The van der Waals surface area contributed by atoms with E-state index in [0.29, 0.717) is 5.76 Å². The molecule has 0 unspecified atom stereocenters. The number of hydrogen-bond acceptors (Lipinski definition) is 7. The van der Waals surface area contributed by atoms with Crippen LogP contribution in [0.2, 0.25) is 0 Å². The number of para-hydroxylation sites is 1. The number of rotatable bonds is 6. The van der Waals surface area contributed by atoms with Gasteiger partial charge in [-0.15, -0.1) is 0 Å². The maximum absolute atomic E-state index is 12.3. The van der Waals surface area contributed by atoms with Crippen molar-refractivity contribution in [2.24, 2.45) is 0 Å². The average molecular weight is 367 g/mol. The van der Waals surface area contributed by atoms with Gasteiger partial charge in [0.2, 0.25) is 10.0 Å². The molecule has 0 saturated carbocycles. The van der Waals surface area contributed by atoms with E-state index < -0.39 is 28.0 Å². The van der Waals surface area contributed by atoms with Gasteiger partial charge >= 0.3 is 5.97 Å². The lowest BCUT2D eigenvalue weighted by molar-refractivity contribution is -0.123. The van der Waals surface area contributed by atoms with E-state index in [0.717, 1.165) is 6.26 Å². The van der Waals surface area contributed by atoms with Crippen molar-refractivity contribution in [3.05, 3.63) is 41.7 Å². The summed E-state index contributed by atoms with van der Waals surface area (Å²) in [5.74, 6) is -0.730. The molecular weight excluding hydrogens is 350 g/mol. The first-order chi connectivity index (χ1) is 11.7. The smallest absolute Gasteiger partial charge is 0.341 e. The molecule has 2 N–H and O–H groups in total. The maximum atomic E-state index is 12.3. The van der Waals surface area contributed by atoms with Crippen LogP contribution in [0.25, 0.3) is 0 Å². The Balaban J connectivity index is 2.07. The van der Waals surface area contributed by atoms with Crippen molar-refractivity contribution in [2.75, 3.05) is 16.3 Å². The van der Waals surface area contributed by atoms with Gasteiger partial charge in [-0.1, -0.05) is 17.3 Å². The number of aryl methyl sites for hydroxylation is 1. The van der Waals surface area contributed by atoms with E-state index in [4.69, 9.17) is 9.26 Å². The second-order valence-corrected chi connectivity index (χ2v) is 7.03. The Morgan fingerprint density at radius 2 is 1.96 bits per heavy atom. The van der Waals surface area contributed by atoms with Gasteiger partial charge in [-0.05, 0) is 26.0 Å². The van der Waals surface area contributed by atoms with Gasteiger partial charge in [0.15, 0.2) is 11.9 Å². The minimum Gasteiger partial charge on any atom is -0.449 e. The highest BCUT2D eigenvalue weighted by molar-refractivity contribution is 7.92. The summed E-state index contributed by atoms with van der Waals surface area (Å²) in [5, 5.41) is 6.05. The van der Waals surface area contributed by atoms with Crippen LogP contribution in [0.5, 0.6) is 0 Å². The first-order valence-corrected chi connectivity index (χ1v) is 9.07. The molecule has 0 aliphatic carbocycles. The van der Waals surface area contributed by atoms with Crippen molar-refractivity contribution in [3.8, 4) is 0 Å². The van der Waals surface area contributed by atoms with E-state index >= 15 is 0 Å². The zero-order valence-electron chi connectivity index (χ0n) is 13.8. The Bertz CT molecular complexity index is 890. The zero-order chi connectivity index (χ0) is 18.6. The molecule has 0 aliphatic heterocycles. The Labute approximate surface area is 144 Å². The number of ether oxygens (including phenoxy) is 1. The fourth-order valence-corrected chi connectivity index (χ4v) is 2.46. The molecule has 9 nitrogen and oxygen atoms in total. The van der Waals surface area contributed by atoms with E-state index in [-0.39, 0.29) is 17.1 Å². The molecule has 0 saturated heterocycles. The van der Waals surface area contributed by atoms with Gasteiger partial charge in [-0.25, -0.2) is 13.2 Å². The van der Waals surface area contributed by atoms with Gasteiger partial charge in [0, 0.05) is 6.07 Å². The van der Waals surface area contributed by atoms with Gasteiger partial charge in [0.25, 0.3) is 5.91 Å². The molecular formula is C15H17N3O6S. The van der Waals surface area contributed by atoms with Gasteiger partial charge in [0.05, 0.1) is 17.5 Å². The van der Waals surface area contributed by atoms with Gasteiger partial charge < -0.3 is 14.6 Å². The fourth-order valence-electron chi connectivity index (χ4n) is 1.88. The summed E-state index contributed by atoms with van der Waals surface area (Å²) in [5.41, 5.74) is 0.0552. The van der Waals surface area contributed by atoms with Crippen molar-refractivity contribution in [3.63, 3.8) is 0 Å². The molecule has 1 atom stereocenters. The number of carbonyl (C=O) groups is 2. The molecule has 0 spiro atoms. The van der Waals surface area contributed by atoms with Crippen LogP contribution in [-0.4, -0.2) is 37.8 Å². The predicted octanol–water partition coefficient (Wildman–Crippen LogP) is 1.54. The number of anilines is 2. The van der Waals surface area contributed by atoms with Crippen molar-refractivity contribution in [1.82, 2.24) is 5.16 Å². The van der Waals surface area contributed by atoms with Crippen molar-refractivity contribution >= 4 is 33.4 Å². The summed E-state index contributed by atoms with van der Waals surface area (Å²) in [7, 11) is -3.57. The lowest BCUT2D eigenvalue weighted by Crippen LogP contribution is -2.30. The van der Waals surface area contributed by atoms with Crippen LogP contribution >= 0.6 is 0 Å². The number of amides is 1. The second kappa shape index (κ2) is 7.34. The van der Waals surface area contributed by atoms with Crippen LogP contribution in [0, 0.1) is 6.92 Å². The summed E-state index contributed by atoms with van der Waals surface area (Å²) in [6.07, 6.45) is -0.166. The third-order valence-electron chi connectivity index (χ3n) is 2.97. The van der Waals surface area contributed by atoms with Crippen molar-refractivity contribution in [2.45, 2.75) is 20.0 Å². The first-order valence-electron chi connectivity index (χ1n) is 7.17. The first kappa shape index (κ1) is 18.5. The quantitative estimate of drug-likeness (QED) is 0.741. The van der Waals surface area contributed by atoms with Crippen LogP contribution in [0.4, 0.5) is 11.5 Å². The topological polar surface area (TPSA) is 128 Å². The van der Waals surface area contributed by atoms with Crippen molar-refractivity contribution in [1.29, 1.82) is 0 Å². The number of nitrogens with one attached hydrogen (secondary N) is 2. The highest BCUT2D eigenvalue weighted by atomic mass is 32.2. The maximum Gasteiger partial charge on any atom is 0.341 e. The molecule has 1 aromatic heterocycles. The van der Waals surface area contributed by atoms with Crippen LogP contribution < -0.4 is 10.0 Å². The van der Waals surface area contributed by atoms with Crippen LogP contribution in [0.1, 0.15) is 23.0 Å². The number of sulfonamides is 1. The Kier molecular flexibility index (Phi) is 5.42. The van der Waals surface area contributed by atoms with Gasteiger partial charge in [0.1, 0.15) is 5.76 Å². The molecule has 2 rings (SSSR count). The standard InChI is InChI=1S/C15H17N3O6S/c1-9-8-13(17-24-9)16-14(19)10(2)23-15(20)11-6-4-5-7-12(11)18-25(3,21)22/h4-8,10,18H,1-3H3,(H,16,17,19)/t10-/m0/s1. The molecule has 1 amide bonds. The summed E-state index contributed by atoms with van der Waals surface area (Å²) in [6.45, 7) is 3.05. The molecule has 10 heteroatoms. The van der Waals surface area contributed by atoms with E-state index in [9.17, 15) is 18.0 Å². The number of nitrogens with zero attached hydrogens (tertiary/aromatic N) is 1. The van der Waals surface area contributed by atoms with Gasteiger partial charge in [-0.3, -0.25) is 9.52 Å². The Hall–Kier alpha value is -2.88. The number of benzene rings is 1. The summed E-state index contributed by atoms with van der Waals surface area (Å²) >= 11 is 0. The molecule has 25 heavy (non-hydrogen) atoms. The zero-order valence-corrected chi connectivity index (χ0v) is 14.6. The molecule has 0 radical (unpaired) electrons. The normalized spacial score (nSPS) is 12.3.